The maximum Gasteiger partial charge on any atom is 0.159 e. The molecule has 0 amide bonds. The first-order valence-electron chi connectivity index (χ1n) is 20.8. The number of aromatic nitrogens is 1. The number of para-hydroxylation sites is 2. The highest BCUT2D eigenvalue weighted by atomic mass is 16.3. The maximum absolute atomic E-state index is 7.05. The Morgan fingerprint density at radius 1 is 0.344 bits per heavy atom. The van der Waals surface area contributed by atoms with Crippen LogP contribution in [-0.4, -0.2) is 4.57 Å². The van der Waals surface area contributed by atoms with Crippen LogP contribution < -0.4 is 4.90 Å². The molecule has 0 spiro atoms. The third-order valence-corrected chi connectivity index (χ3v) is 12.1. The molecule has 10 aromatic carbocycles. The molecule has 2 heterocycles. The van der Waals surface area contributed by atoms with E-state index in [1.165, 1.54) is 49.3 Å². The molecule has 0 saturated heterocycles. The van der Waals surface area contributed by atoms with Crippen molar-refractivity contribution in [1.82, 2.24) is 4.57 Å². The van der Waals surface area contributed by atoms with Gasteiger partial charge in [-0.2, -0.15) is 0 Å². The molecule has 0 aliphatic rings. The molecule has 0 saturated carbocycles. The summed E-state index contributed by atoms with van der Waals surface area (Å²) < 4.78 is 9.42. The molecule has 286 valence electrons. The lowest BCUT2D eigenvalue weighted by Crippen LogP contribution is -2.10. The second kappa shape index (κ2) is 14.3. The third kappa shape index (κ3) is 5.90. The van der Waals surface area contributed by atoms with Gasteiger partial charge in [0.1, 0.15) is 5.58 Å². The molecule has 0 N–H and O–H groups in total. The molecule has 0 aliphatic heterocycles. The SMILES string of the molecule is c1ccc(-c2ccc(N(c3cccc(-c4ccccc4)c3)c3cc(-c4ccc5c(c4)c4ccccc4n5-c4ccccc4)cc4c3oc3ccc5ccccc5c34)cc2)cc1. The van der Waals surface area contributed by atoms with Crippen molar-refractivity contribution in [3.05, 3.63) is 231 Å². The number of fused-ring (bicyclic) bond motifs is 8. The number of benzene rings is 10. The summed E-state index contributed by atoms with van der Waals surface area (Å²) >= 11 is 0. The molecule has 0 aliphatic carbocycles. The van der Waals surface area contributed by atoms with Crippen molar-refractivity contribution in [3.63, 3.8) is 0 Å². The summed E-state index contributed by atoms with van der Waals surface area (Å²) in [6, 6.07) is 82.9. The van der Waals surface area contributed by atoms with Crippen LogP contribution in [0.15, 0.2) is 235 Å². The lowest BCUT2D eigenvalue weighted by atomic mass is 9.97. The second-order valence-corrected chi connectivity index (χ2v) is 15.7. The van der Waals surface area contributed by atoms with Gasteiger partial charge >= 0.3 is 0 Å². The molecular formula is C58H38N2O. The van der Waals surface area contributed by atoms with E-state index in [-0.39, 0.29) is 0 Å². The van der Waals surface area contributed by atoms with Crippen LogP contribution in [0.25, 0.3) is 93.6 Å². The van der Waals surface area contributed by atoms with Crippen molar-refractivity contribution < 1.29 is 4.42 Å². The fourth-order valence-corrected chi connectivity index (χ4v) is 9.29. The standard InChI is InChI=1S/C58H38N2O/c1-4-15-39(16-5-1)41-27-31-47(32-28-41)59(48-23-14-20-43(35-48)40-17-6-2-7-18-40)55-38-45(37-52-57-49-24-11-10-19-42(49)30-34-56(57)61-58(52)55)44-29-33-54-51(36-44)50-25-12-13-26-53(50)60(54)46-21-8-3-9-22-46/h1-38H. The minimum Gasteiger partial charge on any atom is -0.454 e. The fourth-order valence-electron chi connectivity index (χ4n) is 9.29. The van der Waals surface area contributed by atoms with E-state index < -0.39 is 0 Å². The molecule has 2 aromatic heterocycles. The van der Waals surface area contributed by atoms with Gasteiger partial charge in [0.2, 0.25) is 0 Å². The molecule has 0 atom stereocenters. The van der Waals surface area contributed by atoms with Gasteiger partial charge in [-0.25, -0.2) is 0 Å². The van der Waals surface area contributed by atoms with Crippen LogP contribution in [-0.2, 0) is 0 Å². The van der Waals surface area contributed by atoms with E-state index in [0.29, 0.717) is 0 Å². The number of anilines is 3. The smallest absolute Gasteiger partial charge is 0.159 e. The van der Waals surface area contributed by atoms with Crippen LogP contribution in [0.5, 0.6) is 0 Å². The summed E-state index contributed by atoms with van der Waals surface area (Å²) in [5, 5.41) is 7.00. The Kier molecular flexibility index (Phi) is 8.17. The van der Waals surface area contributed by atoms with Gasteiger partial charge in [0, 0.05) is 38.6 Å². The Morgan fingerprint density at radius 3 is 1.72 bits per heavy atom. The summed E-state index contributed by atoms with van der Waals surface area (Å²) in [5.41, 5.74) is 15.2. The topological polar surface area (TPSA) is 21.3 Å². The van der Waals surface area contributed by atoms with E-state index in [4.69, 9.17) is 4.42 Å². The highest BCUT2D eigenvalue weighted by molar-refractivity contribution is 6.22. The molecule has 12 rings (SSSR count). The summed E-state index contributed by atoms with van der Waals surface area (Å²) in [7, 11) is 0. The number of furan rings is 1. The monoisotopic (exact) mass is 778 g/mol. The van der Waals surface area contributed by atoms with Crippen LogP contribution in [0.4, 0.5) is 17.1 Å². The van der Waals surface area contributed by atoms with Crippen molar-refractivity contribution in [2.75, 3.05) is 4.90 Å². The molecule has 61 heavy (non-hydrogen) atoms. The average molecular weight is 779 g/mol. The predicted molar refractivity (Wildman–Crippen MR) is 257 cm³/mol. The number of hydrogen-bond donors (Lipinski definition) is 0. The Bertz CT molecular complexity index is 3570. The van der Waals surface area contributed by atoms with Crippen LogP contribution >= 0.6 is 0 Å². The lowest BCUT2D eigenvalue weighted by Gasteiger charge is -2.27. The van der Waals surface area contributed by atoms with Crippen LogP contribution in [0.1, 0.15) is 0 Å². The third-order valence-electron chi connectivity index (χ3n) is 12.1. The highest BCUT2D eigenvalue weighted by Crippen LogP contribution is 2.47. The first-order valence-corrected chi connectivity index (χ1v) is 20.8. The van der Waals surface area contributed by atoms with Crippen molar-refractivity contribution in [3.8, 4) is 39.1 Å². The van der Waals surface area contributed by atoms with E-state index in [1.807, 2.05) is 0 Å². The molecule has 0 unspecified atom stereocenters. The van der Waals surface area contributed by atoms with Gasteiger partial charge < -0.3 is 13.9 Å². The molecule has 0 radical (unpaired) electrons. The van der Waals surface area contributed by atoms with Gasteiger partial charge in [0.25, 0.3) is 0 Å². The minimum atomic E-state index is 0.842. The van der Waals surface area contributed by atoms with Crippen LogP contribution in [0.2, 0.25) is 0 Å². The summed E-state index contributed by atoms with van der Waals surface area (Å²) in [6.07, 6.45) is 0. The van der Waals surface area contributed by atoms with Crippen molar-refractivity contribution >= 4 is 71.6 Å². The van der Waals surface area contributed by atoms with Crippen molar-refractivity contribution in [2.24, 2.45) is 0 Å². The summed E-state index contributed by atoms with van der Waals surface area (Å²) in [4.78, 5) is 2.37. The summed E-state index contributed by atoms with van der Waals surface area (Å²) in [6.45, 7) is 0. The lowest BCUT2D eigenvalue weighted by molar-refractivity contribution is 0.669. The van der Waals surface area contributed by atoms with Gasteiger partial charge in [0.15, 0.2) is 5.58 Å². The molecule has 3 heteroatoms. The van der Waals surface area contributed by atoms with Crippen LogP contribution in [0, 0.1) is 0 Å². The fraction of sp³-hybridized carbons (Fsp3) is 0. The van der Waals surface area contributed by atoms with Gasteiger partial charge in [-0.15, -0.1) is 0 Å². The van der Waals surface area contributed by atoms with Gasteiger partial charge in [-0.05, 0) is 117 Å². The molecular weight excluding hydrogens is 741 g/mol. The molecule has 0 bridgehead atoms. The van der Waals surface area contributed by atoms with E-state index >= 15 is 0 Å². The van der Waals surface area contributed by atoms with E-state index in [0.717, 1.165) is 61.4 Å². The Hall–Kier alpha value is -8.14. The number of nitrogens with zero attached hydrogens (tertiary/aromatic N) is 2. The first-order chi connectivity index (χ1) is 30.2. The highest BCUT2D eigenvalue weighted by Gasteiger charge is 2.23. The molecule has 0 fully saturated rings. The molecule has 12 aromatic rings. The van der Waals surface area contributed by atoms with Gasteiger partial charge in [0.05, 0.1) is 16.7 Å². The van der Waals surface area contributed by atoms with E-state index in [1.54, 1.807) is 0 Å². The van der Waals surface area contributed by atoms with E-state index in [9.17, 15) is 0 Å². The zero-order valence-electron chi connectivity index (χ0n) is 33.2. The zero-order valence-corrected chi connectivity index (χ0v) is 33.2. The molecule has 3 nitrogen and oxygen atoms in total. The quantitative estimate of drug-likeness (QED) is 0.161. The maximum atomic E-state index is 7.05. The van der Waals surface area contributed by atoms with E-state index in [2.05, 4.69) is 240 Å². The number of hydrogen-bond acceptors (Lipinski definition) is 2. The first kappa shape index (κ1) is 34.9. The Balaban J connectivity index is 1.14. The second-order valence-electron chi connectivity index (χ2n) is 15.7. The van der Waals surface area contributed by atoms with Gasteiger partial charge in [-0.3, -0.25) is 0 Å². The zero-order chi connectivity index (χ0) is 40.3. The number of rotatable bonds is 7. The average Bonchev–Trinajstić information content (AvgIpc) is 3.89. The predicted octanol–water partition coefficient (Wildman–Crippen LogP) is 16.3. The normalized spacial score (nSPS) is 11.6. The van der Waals surface area contributed by atoms with Crippen molar-refractivity contribution in [1.29, 1.82) is 0 Å². The van der Waals surface area contributed by atoms with Gasteiger partial charge in [-0.1, -0.05) is 158 Å². The Labute approximate surface area is 353 Å². The summed E-state index contributed by atoms with van der Waals surface area (Å²) in [5.74, 6) is 0. The van der Waals surface area contributed by atoms with Crippen molar-refractivity contribution in [2.45, 2.75) is 0 Å². The van der Waals surface area contributed by atoms with Crippen LogP contribution in [0.3, 0.4) is 0 Å². The Morgan fingerprint density at radius 2 is 0.934 bits per heavy atom. The largest absolute Gasteiger partial charge is 0.454 e. The minimum absolute atomic E-state index is 0.842.